The summed E-state index contributed by atoms with van der Waals surface area (Å²) in [4.78, 5) is 4.15. The zero-order valence-electron chi connectivity index (χ0n) is 13.7. The lowest BCUT2D eigenvalue weighted by Gasteiger charge is -2.12. The first-order valence-corrected chi connectivity index (χ1v) is 8.09. The number of nitrogens with two attached hydrogens (primary N) is 1. The number of hydrogen-bond acceptors (Lipinski definition) is 3. The van der Waals surface area contributed by atoms with Crippen LogP contribution in [-0.4, -0.2) is 23.7 Å². The number of aliphatic hydroxyl groups is 1. The SMILES string of the molecule is CC(C)Oc1ccc(NC(N)=NCC(O)c2ccccc2Cl)cc1. The second-order valence-electron chi connectivity index (χ2n) is 5.58. The van der Waals surface area contributed by atoms with Crippen LogP contribution in [0.5, 0.6) is 5.75 Å². The first-order chi connectivity index (χ1) is 11.5. The Kier molecular flexibility index (Phi) is 6.46. The van der Waals surface area contributed by atoms with E-state index in [1.165, 1.54) is 0 Å². The van der Waals surface area contributed by atoms with Crippen molar-refractivity contribution in [1.82, 2.24) is 0 Å². The van der Waals surface area contributed by atoms with Gasteiger partial charge in [-0.15, -0.1) is 0 Å². The van der Waals surface area contributed by atoms with Crippen LogP contribution in [0.15, 0.2) is 53.5 Å². The van der Waals surface area contributed by atoms with Crippen molar-refractivity contribution in [3.8, 4) is 5.75 Å². The van der Waals surface area contributed by atoms with Crippen LogP contribution >= 0.6 is 11.6 Å². The minimum absolute atomic E-state index is 0.122. The van der Waals surface area contributed by atoms with Crippen molar-refractivity contribution in [2.24, 2.45) is 10.7 Å². The molecule has 24 heavy (non-hydrogen) atoms. The molecule has 0 amide bonds. The fraction of sp³-hybridized carbons (Fsp3) is 0.278. The highest BCUT2D eigenvalue weighted by Crippen LogP contribution is 2.22. The Morgan fingerprint density at radius 3 is 2.50 bits per heavy atom. The Morgan fingerprint density at radius 1 is 1.21 bits per heavy atom. The van der Waals surface area contributed by atoms with E-state index < -0.39 is 6.10 Å². The molecule has 1 atom stereocenters. The Morgan fingerprint density at radius 2 is 1.88 bits per heavy atom. The predicted octanol–water partition coefficient (Wildman–Crippen LogP) is 3.59. The monoisotopic (exact) mass is 347 g/mol. The molecule has 2 aromatic carbocycles. The van der Waals surface area contributed by atoms with E-state index >= 15 is 0 Å². The molecule has 2 rings (SSSR count). The number of guanidine groups is 1. The van der Waals surface area contributed by atoms with E-state index in [0.717, 1.165) is 11.4 Å². The van der Waals surface area contributed by atoms with Crippen LogP contribution in [0.1, 0.15) is 25.5 Å². The maximum Gasteiger partial charge on any atom is 0.193 e. The Hall–Kier alpha value is -2.24. The van der Waals surface area contributed by atoms with E-state index in [4.69, 9.17) is 22.1 Å². The molecule has 5 nitrogen and oxygen atoms in total. The van der Waals surface area contributed by atoms with Crippen molar-refractivity contribution in [2.75, 3.05) is 11.9 Å². The van der Waals surface area contributed by atoms with Gasteiger partial charge in [-0.05, 0) is 44.2 Å². The van der Waals surface area contributed by atoms with E-state index in [0.29, 0.717) is 10.6 Å². The highest BCUT2D eigenvalue weighted by molar-refractivity contribution is 6.31. The third kappa shape index (κ3) is 5.44. The fourth-order valence-electron chi connectivity index (χ4n) is 2.10. The summed E-state index contributed by atoms with van der Waals surface area (Å²) in [6.07, 6.45) is -0.678. The summed E-state index contributed by atoms with van der Waals surface area (Å²) in [6.45, 7) is 4.07. The van der Waals surface area contributed by atoms with E-state index in [1.54, 1.807) is 12.1 Å². The minimum Gasteiger partial charge on any atom is -0.491 e. The van der Waals surface area contributed by atoms with Crippen molar-refractivity contribution in [3.05, 3.63) is 59.1 Å². The molecule has 0 saturated carbocycles. The Balaban J connectivity index is 1.93. The molecular weight excluding hydrogens is 326 g/mol. The molecule has 6 heteroatoms. The molecule has 128 valence electrons. The topological polar surface area (TPSA) is 79.9 Å². The van der Waals surface area contributed by atoms with Gasteiger partial charge in [-0.1, -0.05) is 29.8 Å². The zero-order chi connectivity index (χ0) is 17.5. The summed E-state index contributed by atoms with van der Waals surface area (Å²) in [5.41, 5.74) is 7.27. The number of hydrogen-bond donors (Lipinski definition) is 3. The smallest absolute Gasteiger partial charge is 0.193 e. The Labute approximate surface area is 147 Å². The van der Waals surface area contributed by atoms with Gasteiger partial charge in [0.2, 0.25) is 0 Å². The van der Waals surface area contributed by atoms with Crippen LogP contribution in [0.25, 0.3) is 0 Å². The lowest BCUT2D eigenvalue weighted by atomic mass is 10.1. The second kappa shape index (κ2) is 8.57. The van der Waals surface area contributed by atoms with Crippen LogP contribution in [0, 0.1) is 0 Å². The van der Waals surface area contributed by atoms with Gasteiger partial charge in [-0.3, -0.25) is 4.99 Å². The number of nitrogens with one attached hydrogen (secondary N) is 1. The van der Waals surface area contributed by atoms with Crippen molar-refractivity contribution < 1.29 is 9.84 Å². The third-order valence-electron chi connectivity index (χ3n) is 3.20. The van der Waals surface area contributed by atoms with E-state index in [-0.39, 0.29) is 18.6 Å². The summed E-state index contributed by atoms with van der Waals surface area (Å²) in [7, 11) is 0. The van der Waals surface area contributed by atoms with Crippen molar-refractivity contribution in [2.45, 2.75) is 26.1 Å². The van der Waals surface area contributed by atoms with Crippen molar-refractivity contribution in [3.63, 3.8) is 0 Å². The first-order valence-electron chi connectivity index (χ1n) is 7.72. The van der Waals surface area contributed by atoms with E-state index in [9.17, 15) is 5.11 Å². The largest absolute Gasteiger partial charge is 0.491 e. The van der Waals surface area contributed by atoms with Gasteiger partial charge in [0.25, 0.3) is 0 Å². The number of rotatable bonds is 6. The van der Waals surface area contributed by atoms with E-state index in [2.05, 4.69) is 10.3 Å². The molecule has 0 aliphatic heterocycles. The van der Waals surface area contributed by atoms with Gasteiger partial charge < -0.3 is 20.9 Å². The number of aliphatic imine (C=N–C) groups is 1. The van der Waals surface area contributed by atoms with Crippen LogP contribution in [-0.2, 0) is 0 Å². The minimum atomic E-state index is -0.805. The van der Waals surface area contributed by atoms with Gasteiger partial charge >= 0.3 is 0 Å². The maximum atomic E-state index is 10.1. The molecule has 0 heterocycles. The molecule has 0 aromatic heterocycles. The number of benzene rings is 2. The van der Waals surface area contributed by atoms with E-state index in [1.807, 2.05) is 50.2 Å². The summed E-state index contributed by atoms with van der Waals surface area (Å²) in [5, 5.41) is 13.6. The summed E-state index contributed by atoms with van der Waals surface area (Å²) >= 11 is 6.05. The standard InChI is InChI=1S/C18H22ClN3O2/c1-12(2)24-14-9-7-13(8-10-14)22-18(20)21-11-17(23)15-5-3-4-6-16(15)19/h3-10,12,17,23H,11H2,1-2H3,(H3,20,21,22). The number of nitrogens with zero attached hydrogens (tertiary/aromatic N) is 1. The highest BCUT2D eigenvalue weighted by atomic mass is 35.5. The van der Waals surface area contributed by atoms with Crippen LogP contribution in [0.4, 0.5) is 5.69 Å². The van der Waals surface area contributed by atoms with Crippen molar-refractivity contribution >= 4 is 23.2 Å². The van der Waals surface area contributed by atoms with Gasteiger partial charge in [0.1, 0.15) is 11.9 Å². The normalized spacial score (nSPS) is 13.0. The number of aliphatic hydroxyl groups excluding tert-OH is 1. The number of halogens is 1. The predicted molar refractivity (Wildman–Crippen MR) is 98.7 cm³/mol. The van der Waals surface area contributed by atoms with Gasteiger partial charge in [-0.25, -0.2) is 0 Å². The molecule has 0 aliphatic rings. The molecule has 0 saturated heterocycles. The first kappa shape index (κ1) is 18.1. The van der Waals surface area contributed by atoms with Gasteiger partial charge in [0.05, 0.1) is 12.6 Å². The molecule has 4 N–H and O–H groups in total. The summed E-state index contributed by atoms with van der Waals surface area (Å²) < 4.78 is 5.58. The average Bonchev–Trinajstić information content (AvgIpc) is 2.54. The average molecular weight is 348 g/mol. The lowest BCUT2D eigenvalue weighted by Crippen LogP contribution is -2.23. The van der Waals surface area contributed by atoms with Gasteiger partial charge in [0.15, 0.2) is 5.96 Å². The maximum absolute atomic E-state index is 10.1. The number of anilines is 1. The molecule has 0 radical (unpaired) electrons. The molecule has 1 unspecified atom stereocenters. The molecule has 0 fully saturated rings. The molecule has 2 aromatic rings. The second-order valence-corrected chi connectivity index (χ2v) is 5.99. The molecular formula is C18H22ClN3O2. The van der Waals surface area contributed by atoms with Crippen molar-refractivity contribution in [1.29, 1.82) is 0 Å². The Bertz CT molecular complexity index is 687. The fourth-order valence-corrected chi connectivity index (χ4v) is 2.37. The van der Waals surface area contributed by atoms with Crippen LogP contribution in [0.2, 0.25) is 5.02 Å². The van der Waals surface area contributed by atoms with Crippen LogP contribution < -0.4 is 15.8 Å². The molecule has 0 aliphatic carbocycles. The summed E-state index contributed by atoms with van der Waals surface area (Å²) in [6, 6.07) is 14.5. The van der Waals surface area contributed by atoms with Crippen LogP contribution in [0.3, 0.4) is 0 Å². The van der Waals surface area contributed by atoms with Gasteiger partial charge in [0, 0.05) is 16.3 Å². The zero-order valence-corrected chi connectivity index (χ0v) is 14.5. The molecule has 0 bridgehead atoms. The quantitative estimate of drug-likeness (QED) is 0.551. The van der Waals surface area contributed by atoms with Gasteiger partial charge in [-0.2, -0.15) is 0 Å². The molecule has 0 spiro atoms. The third-order valence-corrected chi connectivity index (χ3v) is 3.54. The summed E-state index contributed by atoms with van der Waals surface area (Å²) in [5.74, 6) is 1.01. The number of ether oxygens (including phenoxy) is 1. The highest BCUT2D eigenvalue weighted by Gasteiger charge is 2.10. The lowest BCUT2D eigenvalue weighted by molar-refractivity contribution is 0.187.